The molecule has 0 radical (unpaired) electrons. The molecule has 0 bridgehead atoms. The molecule has 0 unspecified atom stereocenters. The zero-order valence-electron chi connectivity index (χ0n) is 10.5. The predicted molar refractivity (Wildman–Crippen MR) is 65.3 cm³/mol. The number of hydrogen-bond acceptors (Lipinski definition) is 7. The van der Waals surface area contributed by atoms with E-state index in [-0.39, 0.29) is 17.9 Å². The van der Waals surface area contributed by atoms with Crippen LogP contribution in [0.5, 0.6) is 5.75 Å². The fourth-order valence-corrected chi connectivity index (χ4v) is 1.51. The minimum atomic E-state index is -0.555. The SMILES string of the molecule is COC(=O)c1c(N)cccc1OCc1nnn(C)n1. The smallest absolute Gasteiger partial charge is 0.343 e. The molecule has 0 aliphatic carbocycles. The van der Waals surface area contributed by atoms with Crippen LogP contribution in [0.4, 0.5) is 5.69 Å². The van der Waals surface area contributed by atoms with E-state index in [1.165, 1.54) is 11.9 Å². The average molecular weight is 263 g/mol. The number of carbonyl (C=O) groups excluding carboxylic acids is 1. The number of nitrogens with zero attached hydrogens (tertiary/aromatic N) is 4. The molecule has 1 aromatic carbocycles. The monoisotopic (exact) mass is 263 g/mol. The number of benzene rings is 1. The maximum atomic E-state index is 11.6. The van der Waals surface area contributed by atoms with Crippen molar-refractivity contribution in [3.8, 4) is 5.75 Å². The lowest BCUT2D eigenvalue weighted by Crippen LogP contribution is -2.09. The van der Waals surface area contributed by atoms with Gasteiger partial charge in [0.2, 0.25) is 5.82 Å². The quantitative estimate of drug-likeness (QED) is 0.618. The van der Waals surface area contributed by atoms with Crippen LogP contribution < -0.4 is 10.5 Å². The zero-order valence-corrected chi connectivity index (χ0v) is 10.5. The second-order valence-electron chi connectivity index (χ2n) is 3.70. The molecule has 0 aliphatic rings. The number of ether oxygens (including phenoxy) is 2. The zero-order chi connectivity index (χ0) is 13.8. The van der Waals surface area contributed by atoms with E-state index in [0.717, 1.165) is 0 Å². The molecule has 100 valence electrons. The molecule has 0 aliphatic heterocycles. The van der Waals surface area contributed by atoms with Gasteiger partial charge >= 0.3 is 5.97 Å². The van der Waals surface area contributed by atoms with Gasteiger partial charge in [-0.1, -0.05) is 6.07 Å². The predicted octanol–water partition coefficient (Wildman–Crippen LogP) is 0.158. The van der Waals surface area contributed by atoms with Gasteiger partial charge in [0, 0.05) is 5.69 Å². The van der Waals surface area contributed by atoms with Crippen LogP contribution in [0.15, 0.2) is 18.2 Å². The lowest BCUT2D eigenvalue weighted by molar-refractivity contribution is 0.0596. The molecule has 8 nitrogen and oxygen atoms in total. The molecule has 0 spiro atoms. The fraction of sp³-hybridized carbons (Fsp3) is 0.273. The highest BCUT2D eigenvalue weighted by Gasteiger charge is 2.17. The first-order valence-electron chi connectivity index (χ1n) is 5.44. The lowest BCUT2D eigenvalue weighted by Gasteiger charge is -2.10. The first-order valence-corrected chi connectivity index (χ1v) is 5.44. The van der Waals surface area contributed by atoms with Crippen molar-refractivity contribution < 1.29 is 14.3 Å². The van der Waals surface area contributed by atoms with Crippen LogP contribution in [0, 0.1) is 0 Å². The number of tetrazole rings is 1. The molecule has 0 saturated heterocycles. The second-order valence-corrected chi connectivity index (χ2v) is 3.70. The third kappa shape index (κ3) is 2.79. The molecule has 2 N–H and O–H groups in total. The van der Waals surface area contributed by atoms with Gasteiger partial charge in [-0.15, -0.1) is 10.2 Å². The number of methoxy groups -OCH3 is 1. The summed E-state index contributed by atoms with van der Waals surface area (Å²) >= 11 is 0. The van der Waals surface area contributed by atoms with Gasteiger partial charge in [0.15, 0.2) is 6.61 Å². The average Bonchev–Trinajstić information content (AvgIpc) is 2.81. The third-order valence-corrected chi connectivity index (χ3v) is 2.35. The van der Waals surface area contributed by atoms with E-state index < -0.39 is 5.97 Å². The normalized spacial score (nSPS) is 10.2. The van der Waals surface area contributed by atoms with Crippen LogP contribution in [0.25, 0.3) is 0 Å². The number of hydrogen-bond donors (Lipinski definition) is 1. The molecular formula is C11H13N5O3. The number of nitrogen functional groups attached to an aromatic ring is 1. The van der Waals surface area contributed by atoms with Crippen molar-refractivity contribution in [2.45, 2.75) is 6.61 Å². The number of rotatable bonds is 4. The van der Waals surface area contributed by atoms with E-state index in [9.17, 15) is 4.79 Å². The van der Waals surface area contributed by atoms with Gasteiger partial charge in [0.25, 0.3) is 0 Å². The Bertz CT molecular complexity index is 596. The summed E-state index contributed by atoms with van der Waals surface area (Å²) in [5.41, 5.74) is 6.22. The Kier molecular flexibility index (Phi) is 3.60. The van der Waals surface area contributed by atoms with Crippen LogP contribution in [0.2, 0.25) is 0 Å². The first-order chi connectivity index (χ1) is 9.11. The van der Waals surface area contributed by atoms with Crippen LogP contribution in [-0.4, -0.2) is 33.3 Å². The van der Waals surface area contributed by atoms with Gasteiger partial charge in [-0.25, -0.2) is 4.79 Å². The molecule has 2 rings (SSSR count). The maximum absolute atomic E-state index is 11.6. The van der Waals surface area contributed by atoms with Gasteiger partial charge in [-0.2, -0.15) is 4.80 Å². The van der Waals surface area contributed by atoms with Crippen LogP contribution in [-0.2, 0) is 18.4 Å². The van der Waals surface area contributed by atoms with Crippen molar-refractivity contribution in [3.05, 3.63) is 29.6 Å². The maximum Gasteiger partial charge on any atom is 0.343 e. The Morgan fingerprint density at radius 3 is 2.89 bits per heavy atom. The summed E-state index contributed by atoms with van der Waals surface area (Å²) in [6.45, 7) is 0.0846. The van der Waals surface area contributed by atoms with E-state index in [1.807, 2.05) is 0 Å². The number of nitrogens with two attached hydrogens (primary N) is 1. The molecular weight excluding hydrogens is 250 g/mol. The van der Waals surface area contributed by atoms with Crippen molar-refractivity contribution in [2.24, 2.45) is 7.05 Å². The van der Waals surface area contributed by atoms with Crippen LogP contribution >= 0.6 is 0 Å². The molecule has 8 heteroatoms. The Morgan fingerprint density at radius 2 is 2.26 bits per heavy atom. The van der Waals surface area contributed by atoms with Crippen molar-refractivity contribution in [3.63, 3.8) is 0 Å². The highest BCUT2D eigenvalue weighted by atomic mass is 16.5. The lowest BCUT2D eigenvalue weighted by atomic mass is 10.1. The van der Waals surface area contributed by atoms with Crippen molar-refractivity contribution in [2.75, 3.05) is 12.8 Å². The highest BCUT2D eigenvalue weighted by Crippen LogP contribution is 2.25. The summed E-state index contributed by atoms with van der Waals surface area (Å²) in [4.78, 5) is 13.0. The number of aryl methyl sites for hydroxylation is 1. The molecule has 1 heterocycles. The third-order valence-electron chi connectivity index (χ3n) is 2.35. The summed E-state index contributed by atoms with van der Waals surface area (Å²) in [5.74, 6) is 0.167. The summed E-state index contributed by atoms with van der Waals surface area (Å²) in [6.07, 6.45) is 0. The van der Waals surface area contributed by atoms with Gasteiger partial charge in [-0.3, -0.25) is 0 Å². The largest absolute Gasteiger partial charge is 0.484 e. The molecule has 0 atom stereocenters. The topological polar surface area (TPSA) is 105 Å². The van der Waals surface area contributed by atoms with Gasteiger partial charge in [0.05, 0.1) is 14.2 Å². The van der Waals surface area contributed by atoms with E-state index in [1.54, 1.807) is 25.2 Å². The highest BCUT2D eigenvalue weighted by molar-refractivity contribution is 5.98. The Hall–Kier alpha value is -2.64. The van der Waals surface area contributed by atoms with Crippen molar-refractivity contribution in [1.29, 1.82) is 0 Å². The minimum Gasteiger partial charge on any atom is -0.484 e. The van der Waals surface area contributed by atoms with E-state index in [4.69, 9.17) is 10.5 Å². The molecule has 0 saturated carbocycles. The van der Waals surface area contributed by atoms with Crippen molar-refractivity contribution >= 4 is 11.7 Å². The summed E-state index contributed by atoms with van der Waals surface area (Å²) < 4.78 is 10.1. The second kappa shape index (κ2) is 5.34. The number of anilines is 1. The fourth-order valence-electron chi connectivity index (χ4n) is 1.51. The first kappa shape index (κ1) is 12.8. The molecule has 1 aromatic heterocycles. The number of carbonyl (C=O) groups is 1. The van der Waals surface area contributed by atoms with Gasteiger partial charge in [0.1, 0.15) is 11.3 Å². The number of aromatic nitrogens is 4. The van der Waals surface area contributed by atoms with Gasteiger partial charge < -0.3 is 15.2 Å². The van der Waals surface area contributed by atoms with E-state index in [0.29, 0.717) is 11.6 Å². The number of esters is 1. The standard InChI is InChI=1S/C11H13N5O3/c1-16-14-9(13-15-16)6-19-8-5-3-4-7(12)10(8)11(17)18-2/h3-5H,6,12H2,1-2H3. The summed E-state index contributed by atoms with van der Waals surface area (Å²) in [6, 6.07) is 4.90. The van der Waals surface area contributed by atoms with E-state index in [2.05, 4.69) is 20.1 Å². The molecule has 0 fully saturated rings. The van der Waals surface area contributed by atoms with Crippen LogP contribution in [0.3, 0.4) is 0 Å². The minimum absolute atomic E-state index is 0.0846. The Labute approximate surface area is 109 Å². The Balaban J connectivity index is 2.20. The van der Waals surface area contributed by atoms with Gasteiger partial charge in [-0.05, 0) is 17.3 Å². The summed E-state index contributed by atoms with van der Waals surface area (Å²) in [5, 5.41) is 11.4. The van der Waals surface area contributed by atoms with Crippen LogP contribution in [0.1, 0.15) is 16.2 Å². The Morgan fingerprint density at radius 1 is 1.47 bits per heavy atom. The van der Waals surface area contributed by atoms with Crippen molar-refractivity contribution in [1.82, 2.24) is 20.2 Å². The molecule has 2 aromatic rings. The molecule has 0 amide bonds. The van der Waals surface area contributed by atoms with E-state index >= 15 is 0 Å². The summed E-state index contributed by atoms with van der Waals surface area (Å²) in [7, 11) is 2.93. The molecule has 19 heavy (non-hydrogen) atoms.